The third-order valence-electron chi connectivity index (χ3n) is 4.64. The maximum absolute atomic E-state index is 14.9. The lowest BCUT2D eigenvalue weighted by atomic mass is 10.2. The molecule has 0 atom stereocenters. The van der Waals surface area contributed by atoms with Crippen molar-refractivity contribution in [2.45, 2.75) is 12.5 Å². The number of methoxy groups -OCH3 is 1. The van der Waals surface area contributed by atoms with Crippen LogP contribution in [0.25, 0.3) is 21.8 Å². The molecule has 1 N–H and O–H groups in total. The largest absolute Gasteiger partial charge is 0.497 e. The van der Waals surface area contributed by atoms with Gasteiger partial charge in [0.25, 0.3) is 5.92 Å². The normalized spacial score (nSPS) is 11.9. The Kier molecular flexibility index (Phi) is 4.93. The molecule has 0 spiro atoms. The second-order valence-corrected chi connectivity index (χ2v) is 7.50. The predicted molar refractivity (Wildman–Crippen MR) is 111 cm³/mol. The second kappa shape index (κ2) is 7.39. The lowest BCUT2D eigenvalue weighted by Crippen LogP contribution is -2.32. The molecule has 2 aromatic heterocycles. The van der Waals surface area contributed by atoms with Crippen molar-refractivity contribution < 1.29 is 13.5 Å². The Morgan fingerprint density at radius 1 is 1.11 bits per heavy atom. The molecule has 0 bridgehead atoms. The maximum atomic E-state index is 14.9. The van der Waals surface area contributed by atoms with E-state index in [1.54, 1.807) is 54.4 Å². The van der Waals surface area contributed by atoms with Gasteiger partial charge in [-0.2, -0.15) is 0 Å². The van der Waals surface area contributed by atoms with Gasteiger partial charge in [0.1, 0.15) is 5.75 Å². The van der Waals surface area contributed by atoms with Crippen LogP contribution in [-0.2, 0) is 6.54 Å². The van der Waals surface area contributed by atoms with Gasteiger partial charge >= 0.3 is 0 Å². The van der Waals surface area contributed by atoms with Gasteiger partial charge in [-0.3, -0.25) is 4.98 Å². The van der Waals surface area contributed by atoms with Gasteiger partial charge in [-0.25, -0.2) is 8.78 Å². The lowest BCUT2D eigenvalue weighted by molar-refractivity contribution is -0.000160. The first-order chi connectivity index (χ1) is 13.5. The fourth-order valence-corrected chi connectivity index (χ4v) is 3.70. The van der Waals surface area contributed by atoms with E-state index in [0.29, 0.717) is 11.4 Å². The molecule has 144 valence electrons. The van der Waals surface area contributed by atoms with Crippen LogP contribution < -0.4 is 10.1 Å². The molecule has 4 aromatic rings. The van der Waals surface area contributed by atoms with Crippen LogP contribution in [0, 0.1) is 0 Å². The number of ether oxygens (including phenoxy) is 1. The van der Waals surface area contributed by atoms with Crippen LogP contribution >= 0.6 is 15.9 Å². The highest BCUT2D eigenvalue weighted by atomic mass is 79.9. The van der Waals surface area contributed by atoms with E-state index in [0.717, 1.165) is 26.3 Å². The summed E-state index contributed by atoms with van der Waals surface area (Å²) in [6.45, 7) is -0.918. The molecule has 0 aliphatic heterocycles. The predicted octanol–water partition coefficient (Wildman–Crippen LogP) is 5.71. The van der Waals surface area contributed by atoms with Crippen LogP contribution in [0.3, 0.4) is 0 Å². The van der Waals surface area contributed by atoms with Crippen LogP contribution in [-0.4, -0.2) is 29.1 Å². The molecule has 2 heterocycles. The first kappa shape index (κ1) is 18.7. The Hall–Kier alpha value is -2.67. The highest BCUT2D eigenvalue weighted by Crippen LogP contribution is 2.32. The van der Waals surface area contributed by atoms with Gasteiger partial charge < -0.3 is 14.6 Å². The number of nitrogens with one attached hydrogen (secondary N) is 1. The van der Waals surface area contributed by atoms with Crippen molar-refractivity contribution in [3.8, 4) is 5.75 Å². The molecule has 0 aliphatic carbocycles. The number of rotatable bonds is 6. The fraction of sp³-hybridized carbons (Fsp3) is 0.190. The smallest absolute Gasteiger partial charge is 0.282 e. The molecule has 0 saturated carbocycles. The van der Waals surface area contributed by atoms with E-state index in [1.165, 1.54) is 0 Å². The zero-order valence-electron chi connectivity index (χ0n) is 15.1. The van der Waals surface area contributed by atoms with Gasteiger partial charge in [0.05, 0.1) is 25.7 Å². The summed E-state index contributed by atoms with van der Waals surface area (Å²) >= 11 is 3.45. The number of nitrogens with zero attached hydrogens (tertiary/aromatic N) is 2. The van der Waals surface area contributed by atoms with Gasteiger partial charge in [-0.05, 0) is 36.4 Å². The Morgan fingerprint density at radius 3 is 2.75 bits per heavy atom. The van der Waals surface area contributed by atoms with Crippen molar-refractivity contribution >= 4 is 43.4 Å². The molecule has 7 heteroatoms. The summed E-state index contributed by atoms with van der Waals surface area (Å²) in [7, 11) is 1.54. The van der Waals surface area contributed by atoms with Crippen LogP contribution in [0.15, 0.2) is 65.4 Å². The summed E-state index contributed by atoms with van der Waals surface area (Å²) in [6.07, 6.45) is 3.34. The van der Waals surface area contributed by atoms with Crippen LogP contribution in [0.1, 0.15) is 0 Å². The zero-order chi connectivity index (χ0) is 19.7. The van der Waals surface area contributed by atoms with Crippen molar-refractivity contribution in [1.82, 2.24) is 9.55 Å². The first-order valence-corrected chi connectivity index (χ1v) is 9.53. The van der Waals surface area contributed by atoms with E-state index in [1.807, 2.05) is 18.2 Å². The fourth-order valence-electron chi connectivity index (χ4n) is 3.34. The Balaban J connectivity index is 1.64. The highest BCUT2D eigenvalue weighted by Gasteiger charge is 2.31. The summed E-state index contributed by atoms with van der Waals surface area (Å²) in [4.78, 5) is 4.15. The van der Waals surface area contributed by atoms with Crippen molar-refractivity contribution in [1.29, 1.82) is 0 Å². The van der Waals surface area contributed by atoms with E-state index >= 15 is 0 Å². The van der Waals surface area contributed by atoms with E-state index in [9.17, 15) is 8.78 Å². The number of pyridine rings is 1. The average molecular weight is 446 g/mol. The highest BCUT2D eigenvalue weighted by molar-refractivity contribution is 9.10. The maximum Gasteiger partial charge on any atom is 0.282 e. The Morgan fingerprint density at radius 2 is 1.93 bits per heavy atom. The van der Waals surface area contributed by atoms with Gasteiger partial charge in [0.2, 0.25) is 0 Å². The second-order valence-electron chi connectivity index (χ2n) is 6.58. The summed E-state index contributed by atoms with van der Waals surface area (Å²) in [5, 5.41) is 4.57. The standard InChI is InChI=1S/C21H18BrF2N3O/c1-28-16-4-2-3-15(10-16)26-12-21(23,24)13-27-19-6-5-14(22)9-17(19)18-11-25-8-7-20(18)27/h2-11,26H,12-13H2,1H3. The van der Waals surface area contributed by atoms with Crippen LogP contribution in [0.4, 0.5) is 14.5 Å². The average Bonchev–Trinajstić information content (AvgIpc) is 2.99. The van der Waals surface area contributed by atoms with Crippen LogP contribution in [0.2, 0.25) is 0 Å². The molecule has 28 heavy (non-hydrogen) atoms. The van der Waals surface area contributed by atoms with E-state index < -0.39 is 19.0 Å². The molecule has 0 fully saturated rings. The van der Waals surface area contributed by atoms with E-state index in [4.69, 9.17) is 4.74 Å². The first-order valence-electron chi connectivity index (χ1n) is 8.74. The Labute approximate surface area is 169 Å². The van der Waals surface area contributed by atoms with Crippen molar-refractivity contribution in [3.05, 3.63) is 65.4 Å². The van der Waals surface area contributed by atoms with Crippen molar-refractivity contribution in [2.75, 3.05) is 19.0 Å². The number of hydrogen-bond donors (Lipinski definition) is 1. The van der Waals surface area contributed by atoms with Gasteiger partial charge in [-0.15, -0.1) is 0 Å². The number of anilines is 1. The number of benzene rings is 2. The van der Waals surface area contributed by atoms with Gasteiger partial charge in [0, 0.05) is 44.9 Å². The van der Waals surface area contributed by atoms with E-state index in [2.05, 4.69) is 26.2 Å². The molecule has 0 saturated heterocycles. The third kappa shape index (κ3) is 3.67. The minimum Gasteiger partial charge on any atom is -0.497 e. The number of hydrogen-bond acceptors (Lipinski definition) is 3. The molecule has 0 amide bonds. The monoisotopic (exact) mass is 445 g/mol. The van der Waals surface area contributed by atoms with Crippen molar-refractivity contribution in [3.63, 3.8) is 0 Å². The molecule has 4 rings (SSSR count). The third-order valence-corrected chi connectivity index (χ3v) is 5.13. The van der Waals surface area contributed by atoms with Gasteiger partial charge in [0.15, 0.2) is 0 Å². The minimum absolute atomic E-state index is 0.435. The van der Waals surface area contributed by atoms with Crippen molar-refractivity contribution in [2.24, 2.45) is 0 Å². The van der Waals surface area contributed by atoms with Crippen LogP contribution in [0.5, 0.6) is 5.75 Å². The minimum atomic E-state index is -2.96. The molecule has 0 radical (unpaired) electrons. The molecule has 4 nitrogen and oxygen atoms in total. The SMILES string of the molecule is COc1cccc(NCC(F)(F)Cn2c3ccncc3c3cc(Br)ccc32)c1. The molecular formula is C21H18BrF2N3O. The molecule has 2 aromatic carbocycles. The number of aromatic nitrogens is 2. The summed E-state index contributed by atoms with van der Waals surface area (Å²) in [5.41, 5.74) is 2.09. The molecular weight excluding hydrogens is 428 g/mol. The Bertz CT molecular complexity index is 1140. The summed E-state index contributed by atoms with van der Waals surface area (Å²) in [6, 6.07) is 14.4. The zero-order valence-corrected chi connectivity index (χ0v) is 16.7. The molecule has 0 unspecified atom stereocenters. The van der Waals surface area contributed by atoms with E-state index in [-0.39, 0.29) is 0 Å². The molecule has 0 aliphatic rings. The topological polar surface area (TPSA) is 39.1 Å². The number of fused-ring (bicyclic) bond motifs is 3. The lowest BCUT2D eigenvalue weighted by Gasteiger charge is -2.20. The number of halogens is 3. The number of alkyl halides is 2. The summed E-state index contributed by atoms with van der Waals surface area (Å²) in [5.74, 6) is -2.34. The quantitative estimate of drug-likeness (QED) is 0.413. The summed E-state index contributed by atoms with van der Waals surface area (Å²) < 4.78 is 37.4. The van der Waals surface area contributed by atoms with Gasteiger partial charge in [-0.1, -0.05) is 22.0 Å².